The quantitative estimate of drug-likeness (QED) is 0.884. The molecule has 1 aromatic heterocycles. The summed E-state index contributed by atoms with van der Waals surface area (Å²) in [6, 6.07) is 0.0735. The number of carbonyl (C=O) groups is 2. The van der Waals surface area contributed by atoms with Crippen LogP contribution in [0.3, 0.4) is 0 Å². The summed E-state index contributed by atoms with van der Waals surface area (Å²) in [6.07, 6.45) is 6.29. The lowest BCUT2D eigenvalue weighted by Gasteiger charge is -2.28. The number of carbonyl (C=O) groups excluding carboxylic acids is 1. The molecule has 6 heteroatoms. The van der Waals surface area contributed by atoms with Gasteiger partial charge in [-0.25, -0.2) is 4.79 Å². The highest BCUT2D eigenvalue weighted by Crippen LogP contribution is 2.49. The van der Waals surface area contributed by atoms with Gasteiger partial charge in [-0.3, -0.25) is 9.48 Å². The van der Waals surface area contributed by atoms with E-state index in [1.165, 1.54) is 36.6 Å². The van der Waals surface area contributed by atoms with Gasteiger partial charge in [-0.2, -0.15) is 5.10 Å². The zero-order valence-electron chi connectivity index (χ0n) is 12.4. The van der Waals surface area contributed by atoms with Crippen LogP contribution in [0.1, 0.15) is 53.5 Å². The number of fused-ring (bicyclic) bond motifs is 2. The second-order valence-corrected chi connectivity index (χ2v) is 6.44. The van der Waals surface area contributed by atoms with E-state index in [0.717, 1.165) is 11.8 Å². The van der Waals surface area contributed by atoms with Crippen molar-refractivity contribution in [3.8, 4) is 0 Å². The van der Waals surface area contributed by atoms with Crippen molar-refractivity contribution < 1.29 is 14.7 Å². The van der Waals surface area contributed by atoms with Gasteiger partial charge in [0.25, 0.3) is 5.91 Å². The van der Waals surface area contributed by atoms with Crippen LogP contribution in [0.15, 0.2) is 6.20 Å². The molecule has 0 saturated heterocycles. The minimum atomic E-state index is -1.12. The number of nitrogens with zero attached hydrogens (tertiary/aromatic N) is 2. The fourth-order valence-electron chi connectivity index (χ4n) is 4.15. The lowest BCUT2D eigenvalue weighted by Crippen LogP contribution is -2.41. The van der Waals surface area contributed by atoms with Crippen LogP contribution in [0, 0.1) is 17.8 Å². The highest BCUT2D eigenvalue weighted by Gasteiger charge is 2.42. The Kier molecular flexibility index (Phi) is 3.47. The van der Waals surface area contributed by atoms with Gasteiger partial charge in [-0.1, -0.05) is 6.42 Å². The molecule has 114 valence electrons. The molecule has 3 rings (SSSR count). The van der Waals surface area contributed by atoms with Gasteiger partial charge in [0.05, 0.1) is 6.20 Å². The Morgan fingerprint density at radius 1 is 1.43 bits per heavy atom. The zero-order chi connectivity index (χ0) is 15.1. The average molecular weight is 291 g/mol. The van der Waals surface area contributed by atoms with E-state index in [1.807, 2.05) is 6.92 Å². The highest BCUT2D eigenvalue weighted by molar-refractivity contribution is 6.03. The van der Waals surface area contributed by atoms with E-state index in [-0.39, 0.29) is 23.2 Å². The minimum absolute atomic E-state index is 0.0462. The summed E-state index contributed by atoms with van der Waals surface area (Å²) >= 11 is 0. The monoisotopic (exact) mass is 291 g/mol. The number of hydrogen-bond acceptors (Lipinski definition) is 3. The van der Waals surface area contributed by atoms with E-state index in [4.69, 9.17) is 5.11 Å². The summed E-state index contributed by atoms with van der Waals surface area (Å²) in [4.78, 5) is 23.5. The second-order valence-electron chi connectivity index (χ2n) is 6.44. The number of rotatable bonds is 4. The van der Waals surface area contributed by atoms with Crippen molar-refractivity contribution >= 4 is 11.9 Å². The standard InChI is InChI=1S/C15H21N3O3/c1-8(11-6-9-3-4-10(11)5-9)17-14(19)13-12(15(20)21)7-16-18(13)2/h7-11H,3-6H2,1-2H3,(H,17,19)(H,20,21)/t8-,9-,10-,11-/m0/s1. The lowest BCUT2D eigenvalue weighted by molar-refractivity contribution is 0.0689. The van der Waals surface area contributed by atoms with Gasteiger partial charge >= 0.3 is 5.97 Å². The number of carboxylic acid groups (broad SMARTS) is 1. The molecule has 2 saturated carbocycles. The maximum Gasteiger partial charge on any atom is 0.339 e. The molecule has 6 nitrogen and oxygen atoms in total. The molecule has 1 heterocycles. The number of aryl methyl sites for hydroxylation is 1. The maximum atomic E-state index is 12.4. The Bertz CT molecular complexity index is 581. The fraction of sp³-hybridized carbons (Fsp3) is 0.667. The van der Waals surface area contributed by atoms with Crippen LogP contribution >= 0.6 is 0 Å². The molecule has 0 radical (unpaired) electrons. The topological polar surface area (TPSA) is 84.2 Å². The SMILES string of the molecule is C[C@H](NC(=O)c1c(C(=O)O)cnn1C)[C@@H]1C[C@H]2CC[C@H]1C2. The molecular weight excluding hydrogens is 270 g/mol. The van der Waals surface area contributed by atoms with E-state index in [2.05, 4.69) is 10.4 Å². The molecule has 1 amide bonds. The minimum Gasteiger partial charge on any atom is -0.478 e. The molecule has 4 atom stereocenters. The lowest BCUT2D eigenvalue weighted by atomic mass is 9.84. The number of hydrogen-bond donors (Lipinski definition) is 2. The van der Waals surface area contributed by atoms with Crippen LogP contribution in [0.2, 0.25) is 0 Å². The largest absolute Gasteiger partial charge is 0.478 e. The van der Waals surface area contributed by atoms with Crippen molar-refractivity contribution in [2.75, 3.05) is 0 Å². The number of aromatic carboxylic acids is 1. The first kappa shape index (κ1) is 14.1. The summed E-state index contributed by atoms with van der Waals surface area (Å²) in [6.45, 7) is 2.03. The van der Waals surface area contributed by atoms with Gasteiger partial charge in [0.1, 0.15) is 11.3 Å². The van der Waals surface area contributed by atoms with Gasteiger partial charge < -0.3 is 10.4 Å². The predicted molar refractivity (Wildman–Crippen MR) is 76.0 cm³/mol. The summed E-state index contributed by atoms with van der Waals surface area (Å²) < 4.78 is 1.33. The normalized spacial score (nSPS) is 28.6. The molecule has 2 bridgehead atoms. The van der Waals surface area contributed by atoms with Crippen LogP contribution in [0.5, 0.6) is 0 Å². The average Bonchev–Trinajstić information content (AvgIpc) is 3.12. The van der Waals surface area contributed by atoms with Crippen molar-refractivity contribution in [2.45, 2.75) is 38.6 Å². The predicted octanol–water partition coefficient (Wildman–Crippen LogP) is 1.67. The summed E-state index contributed by atoms with van der Waals surface area (Å²) in [5, 5.41) is 16.0. The third-order valence-electron chi connectivity index (χ3n) is 5.18. The van der Waals surface area contributed by atoms with Crippen molar-refractivity contribution in [1.29, 1.82) is 0 Å². The third-order valence-corrected chi connectivity index (χ3v) is 5.18. The summed E-state index contributed by atoms with van der Waals surface area (Å²) in [5.41, 5.74) is 0.0765. The molecule has 2 N–H and O–H groups in total. The first-order valence-corrected chi connectivity index (χ1v) is 7.53. The fourth-order valence-corrected chi connectivity index (χ4v) is 4.15. The van der Waals surface area contributed by atoms with E-state index >= 15 is 0 Å². The van der Waals surface area contributed by atoms with Gasteiger partial charge in [-0.05, 0) is 43.9 Å². The van der Waals surface area contributed by atoms with Crippen molar-refractivity contribution in [3.63, 3.8) is 0 Å². The van der Waals surface area contributed by atoms with Crippen LogP contribution in [0.4, 0.5) is 0 Å². The molecule has 2 fully saturated rings. The van der Waals surface area contributed by atoms with Crippen LogP contribution in [0.25, 0.3) is 0 Å². The number of amides is 1. The van der Waals surface area contributed by atoms with Crippen LogP contribution < -0.4 is 5.32 Å². The van der Waals surface area contributed by atoms with Crippen LogP contribution in [-0.4, -0.2) is 32.8 Å². The van der Waals surface area contributed by atoms with Gasteiger partial charge in [0.2, 0.25) is 0 Å². The number of nitrogens with one attached hydrogen (secondary N) is 1. The van der Waals surface area contributed by atoms with E-state index in [0.29, 0.717) is 5.92 Å². The Labute approximate surface area is 123 Å². The Balaban J connectivity index is 1.72. The third kappa shape index (κ3) is 2.43. The molecule has 21 heavy (non-hydrogen) atoms. The molecule has 0 unspecified atom stereocenters. The second kappa shape index (κ2) is 5.16. The van der Waals surface area contributed by atoms with Crippen molar-refractivity contribution in [1.82, 2.24) is 15.1 Å². The van der Waals surface area contributed by atoms with Gasteiger partial charge in [0.15, 0.2) is 0 Å². The van der Waals surface area contributed by atoms with E-state index in [1.54, 1.807) is 7.05 Å². The highest BCUT2D eigenvalue weighted by atomic mass is 16.4. The summed E-state index contributed by atoms with van der Waals surface area (Å²) in [7, 11) is 1.59. The molecule has 0 aliphatic heterocycles. The summed E-state index contributed by atoms with van der Waals surface area (Å²) in [5.74, 6) is 0.596. The molecule has 0 spiro atoms. The smallest absolute Gasteiger partial charge is 0.339 e. The van der Waals surface area contributed by atoms with E-state index in [9.17, 15) is 9.59 Å². The number of aromatic nitrogens is 2. The molecule has 1 aromatic rings. The van der Waals surface area contributed by atoms with Crippen LogP contribution in [-0.2, 0) is 7.05 Å². The Morgan fingerprint density at radius 2 is 2.19 bits per heavy atom. The molecule has 0 aromatic carbocycles. The van der Waals surface area contributed by atoms with Gasteiger partial charge in [-0.15, -0.1) is 0 Å². The van der Waals surface area contributed by atoms with E-state index < -0.39 is 5.97 Å². The van der Waals surface area contributed by atoms with Gasteiger partial charge in [0, 0.05) is 13.1 Å². The number of carboxylic acids is 1. The first-order chi connectivity index (χ1) is 9.97. The molecule has 2 aliphatic carbocycles. The molecular formula is C15H21N3O3. The molecule has 2 aliphatic rings. The van der Waals surface area contributed by atoms with Crippen molar-refractivity contribution in [2.24, 2.45) is 24.8 Å². The Morgan fingerprint density at radius 3 is 2.76 bits per heavy atom. The van der Waals surface area contributed by atoms with Crippen molar-refractivity contribution in [3.05, 3.63) is 17.5 Å². The maximum absolute atomic E-state index is 12.4. The first-order valence-electron chi connectivity index (χ1n) is 7.53. The Hall–Kier alpha value is -1.85. The zero-order valence-corrected chi connectivity index (χ0v) is 12.4.